The maximum Gasteiger partial charge on any atom is 0.0541 e. The number of aromatic nitrogens is 1. The van der Waals surface area contributed by atoms with E-state index in [0.717, 1.165) is 17.1 Å². The van der Waals surface area contributed by atoms with Crippen molar-refractivity contribution in [3.63, 3.8) is 0 Å². The van der Waals surface area contributed by atoms with Crippen molar-refractivity contribution in [1.82, 2.24) is 4.57 Å². The zero-order chi connectivity index (χ0) is 39.8. The molecule has 0 N–H and O–H groups in total. The average molecular weight is 765 g/mol. The van der Waals surface area contributed by atoms with Crippen LogP contribution in [0.3, 0.4) is 0 Å². The molecule has 282 valence electrons. The summed E-state index contributed by atoms with van der Waals surface area (Å²) >= 11 is 0. The lowest BCUT2D eigenvalue weighted by molar-refractivity contribution is 0.714. The van der Waals surface area contributed by atoms with E-state index in [1.807, 2.05) is 0 Å². The third-order valence-electron chi connectivity index (χ3n) is 13.1. The van der Waals surface area contributed by atoms with Crippen LogP contribution in [0.4, 0.5) is 17.1 Å². The molecule has 0 aliphatic heterocycles. The highest BCUT2D eigenvalue weighted by atomic mass is 15.1. The lowest BCUT2D eigenvalue weighted by Crippen LogP contribution is -2.22. The first-order valence-electron chi connectivity index (χ1n) is 20.8. The highest BCUT2D eigenvalue weighted by Crippen LogP contribution is 2.52. The van der Waals surface area contributed by atoms with Crippen LogP contribution < -0.4 is 4.90 Å². The van der Waals surface area contributed by atoms with E-state index in [1.165, 1.54) is 88.0 Å². The Kier molecular flexibility index (Phi) is 7.70. The summed E-state index contributed by atoms with van der Waals surface area (Å²) in [5.41, 5.74) is 15.8. The lowest BCUT2D eigenvalue weighted by atomic mass is 9.74. The second-order valence-corrected chi connectivity index (χ2v) is 16.3. The predicted octanol–water partition coefficient (Wildman–Crippen LogP) is 15.6. The summed E-state index contributed by atoms with van der Waals surface area (Å²) in [4.78, 5) is 2.39. The molecular weight excluding hydrogens is 725 g/mol. The highest BCUT2D eigenvalue weighted by Gasteiger charge is 2.40. The van der Waals surface area contributed by atoms with E-state index in [9.17, 15) is 0 Å². The Balaban J connectivity index is 0.952. The van der Waals surface area contributed by atoms with Crippen LogP contribution in [0.15, 0.2) is 224 Å². The molecule has 60 heavy (non-hydrogen) atoms. The molecular formula is C58H40N2. The Morgan fingerprint density at radius 3 is 1.67 bits per heavy atom. The number of hydrogen-bond donors (Lipinski definition) is 0. The number of nitrogens with zero attached hydrogens (tertiary/aromatic N) is 2. The SMILES string of the molecule is CC1(c2ccc(N(c3ccc(-c4ccc5c(c4)c4ccccc4n5-c4cccc5ccccc45)cc3)c3ccc4ccccc4c3)cc2)c2ccccc2-c2ccccc21. The Bertz CT molecular complexity index is 3390. The maximum absolute atomic E-state index is 2.43. The van der Waals surface area contributed by atoms with Gasteiger partial charge in [0.2, 0.25) is 0 Å². The van der Waals surface area contributed by atoms with E-state index < -0.39 is 0 Å². The van der Waals surface area contributed by atoms with Crippen molar-refractivity contribution in [2.24, 2.45) is 0 Å². The molecule has 0 radical (unpaired) electrons. The number of para-hydroxylation sites is 1. The summed E-state index contributed by atoms with van der Waals surface area (Å²) in [6, 6.07) is 82.5. The van der Waals surface area contributed by atoms with E-state index in [-0.39, 0.29) is 5.41 Å². The van der Waals surface area contributed by atoms with Crippen LogP contribution in [0.2, 0.25) is 0 Å². The minimum atomic E-state index is -0.247. The first-order chi connectivity index (χ1) is 29.6. The molecule has 2 heteroatoms. The van der Waals surface area contributed by atoms with Crippen molar-refractivity contribution in [3.8, 4) is 27.9 Å². The highest BCUT2D eigenvalue weighted by molar-refractivity contribution is 6.11. The molecule has 11 aromatic rings. The van der Waals surface area contributed by atoms with Crippen molar-refractivity contribution in [1.29, 1.82) is 0 Å². The molecule has 0 atom stereocenters. The lowest BCUT2D eigenvalue weighted by Gasteiger charge is -2.30. The molecule has 0 saturated carbocycles. The molecule has 2 nitrogen and oxygen atoms in total. The van der Waals surface area contributed by atoms with Gasteiger partial charge in [-0.3, -0.25) is 0 Å². The molecule has 10 aromatic carbocycles. The van der Waals surface area contributed by atoms with Gasteiger partial charge in [-0.25, -0.2) is 0 Å². The molecule has 0 amide bonds. The molecule has 1 aromatic heterocycles. The van der Waals surface area contributed by atoms with Crippen molar-refractivity contribution < 1.29 is 0 Å². The summed E-state index contributed by atoms with van der Waals surface area (Å²) < 4.78 is 2.43. The van der Waals surface area contributed by atoms with Gasteiger partial charge in [-0.1, -0.05) is 164 Å². The second-order valence-electron chi connectivity index (χ2n) is 16.3. The average Bonchev–Trinajstić information content (AvgIpc) is 3.78. The van der Waals surface area contributed by atoms with Gasteiger partial charge >= 0.3 is 0 Å². The predicted molar refractivity (Wildman–Crippen MR) is 253 cm³/mol. The van der Waals surface area contributed by atoms with Gasteiger partial charge < -0.3 is 9.47 Å². The van der Waals surface area contributed by atoms with E-state index in [2.05, 4.69) is 241 Å². The Morgan fingerprint density at radius 1 is 0.367 bits per heavy atom. The number of anilines is 3. The smallest absolute Gasteiger partial charge is 0.0541 e. The normalized spacial score (nSPS) is 12.9. The van der Waals surface area contributed by atoms with Crippen LogP contribution in [-0.4, -0.2) is 4.57 Å². The zero-order valence-corrected chi connectivity index (χ0v) is 33.3. The fourth-order valence-corrected chi connectivity index (χ4v) is 10.1. The Morgan fingerprint density at radius 2 is 0.917 bits per heavy atom. The fourth-order valence-electron chi connectivity index (χ4n) is 10.1. The Hall–Kier alpha value is -7.68. The number of fused-ring (bicyclic) bond motifs is 8. The summed E-state index contributed by atoms with van der Waals surface area (Å²) in [5, 5.41) is 7.44. The van der Waals surface area contributed by atoms with Gasteiger partial charge in [0.05, 0.1) is 16.7 Å². The molecule has 1 heterocycles. The van der Waals surface area contributed by atoms with E-state index >= 15 is 0 Å². The molecule has 0 unspecified atom stereocenters. The van der Waals surface area contributed by atoms with Gasteiger partial charge in [-0.05, 0) is 123 Å². The minimum absolute atomic E-state index is 0.247. The number of rotatable bonds is 6. The van der Waals surface area contributed by atoms with Crippen LogP contribution in [0.25, 0.3) is 71.3 Å². The molecule has 0 fully saturated rings. The fraction of sp³-hybridized carbons (Fsp3) is 0.0345. The van der Waals surface area contributed by atoms with E-state index in [4.69, 9.17) is 0 Å². The standard InChI is InChI=1S/C58H40N2/c1-58(53-21-9-6-18-49(53)50-19-7-10-22-54(50)58)44-29-34-46(35-30-44)59(47-33-27-39-13-2-3-15-42(39)37-47)45-31-25-40(26-32-45)43-28-36-57-52(38-43)51-20-8-11-23-56(51)60(57)55-24-12-16-41-14-4-5-17-48(41)55/h2-38H,1H3. The van der Waals surface area contributed by atoms with E-state index in [0.29, 0.717) is 0 Å². The second kappa shape index (κ2) is 13.4. The third-order valence-corrected chi connectivity index (χ3v) is 13.1. The van der Waals surface area contributed by atoms with Crippen molar-refractivity contribution in [3.05, 3.63) is 241 Å². The van der Waals surface area contributed by atoms with Crippen LogP contribution in [-0.2, 0) is 5.41 Å². The van der Waals surface area contributed by atoms with Crippen LogP contribution in [0.1, 0.15) is 23.6 Å². The first-order valence-corrected chi connectivity index (χ1v) is 20.8. The molecule has 0 saturated heterocycles. The van der Waals surface area contributed by atoms with Crippen LogP contribution >= 0.6 is 0 Å². The Labute approximate surface area is 349 Å². The monoisotopic (exact) mass is 764 g/mol. The summed E-state index contributed by atoms with van der Waals surface area (Å²) in [6.07, 6.45) is 0. The van der Waals surface area contributed by atoms with Gasteiger partial charge in [0, 0.05) is 38.6 Å². The topological polar surface area (TPSA) is 8.17 Å². The van der Waals surface area contributed by atoms with Gasteiger partial charge in [0.15, 0.2) is 0 Å². The van der Waals surface area contributed by atoms with Gasteiger partial charge in [-0.2, -0.15) is 0 Å². The minimum Gasteiger partial charge on any atom is -0.310 e. The zero-order valence-electron chi connectivity index (χ0n) is 33.3. The quantitative estimate of drug-likeness (QED) is 0.164. The summed E-state index contributed by atoms with van der Waals surface area (Å²) in [5.74, 6) is 0. The van der Waals surface area contributed by atoms with Crippen LogP contribution in [0, 0.1) is 0 Å². The number of hydrogen-bond acceptors (Lipinski definition) is 1. The van der Waals surface area contributed by atoms with Crippen molar-refractivity contribution in [2.75, 3.05) is 4.90 Å². The van der Waals surface area contributed by atoms with Gasteiger partial charge in [0.25, 0.3) is 0 Å². The van der Waals surface area contributed by atoms with Gasteiger partial charge in [-0.15, -0.1) is 0 Å². The summed E-state index contributed by atoms with van der Waals surface area (Å²) in [6.45, 7) is 2.38. The van der Waals surface area contributed by atoms with Gasteiger partial charge in [0.1, 0.15) is 0 Å². The largest absolute Gasteiger partial charge is 0.310 e. The first kappa shape index (κ1) is 34.4. The molecule has 1 aliphatic rings. The third kappa shape index (κ3) is 5.21. The molecule has 1 aliphatic carbocycles. The molecule has 0 spiro atoms. The van der Waals surface area contributed by atoms with E-state index in [1.54, 1.807) is 0 Å². The van der Waals surface area contributed by atoms with Crippen molar-refractivity contribution in [2.45, 2.75) is 12.3 Å². The number of benzene rings is 10. The molecule has 12 rings (SSSR count). The van der Waals surface area contributed by atoms with Crippen molar-refractivity contribution >= 4 is 60.4 Å². The molecule has 0 bridgehead atoms. The maximum atomic E-state index is 2.43. The van der Waals surface area contributed by atoms with Crippen LogP contribution in [0.5, 0.6) is 0 Å². The summed E-state index contributed by atoms with van der Waals surface area (Å²) in [7, 11) is 0.